The van der Waals surface area contributed by atoms with Crippen molar-refractivity contribution < 1.29 is 9.84 Å². The lowest BCUT2D eigenvalue weighted by Gasteiger charge is -2.19. The van der Waals surface area contributed by atoms with Crippen LogP contribution in [-0.4, -0.2) is 35.4 Å². The fraction of sp³-hybridized carbons (Fsp3) is 0.417. The van der Waals surface area contributed by atoms with Gasteiger partial charge in [0.05, 0.1) is 24.1 Å². The highest BCUT2D eigenvalue weighted by atomic mass is 16.5. The largest absolute Gasteiger partial charge is 0.430 e. The van der Waals surface area contributed by atoms with Crippen LogP contribution in [0.25, 0.3) is 11.2 Å². The average molecular weight is 467 g/mol. The highest BCUT2D eigenvalue weighted by Crippen LogP contribution is 2.28. The summed E-state index contributed by atoms with van der Waals surface area (Å²) in [6.45, 7) is 4.39. The van der Waals surface area contributed by atoms with Gasteiger partial charge in [-0.3, -0.25) is 23.5 Å². The second-order valence-electron chi connectivity index (χ2n) is 8.60. The van der Waals surface area contributed by atoms with Gasteiger partial charge in [0.2, 0.25) is 0 Å². The van der Waals surface area contributed by atoms with Crippen LogP contribution < -0.4 is 21.7 Å². The maximum absolute atomic E-state index is 13.4. The molecule has 3 heterocycles. The van der Waals surface area contributed by atoms with E-state index in [1.165, 1.54) is 10.1 Å². The predicted molar refractivity (Wildman–Crippen MR) is 130 cm³/mol. The highest BCUT2D eigenvalue weighted by molar-refractivity contribution is 5.72. The number of allylic oxidation sites excluding steroid dienone is 4. The summed E-state index contributed by atoms with van der Waals surface area (Å²) in [5, 5.41) is 9.22. The zero-order chi connectivity index (χ0) is 24.4. The summed E-state index contributed by atoms with van der Waals surface area (Å²) in [7, 11) is 1.57. The predicted octanol–water partition coefficient (Wildman–Crippen LogP) is 1.94. The van der Waals surface area contributed by atoms with Crippen LogP contribution in [0, 0.1) is 5.92 Å². The second-order valence-corrected chi connectivity index (χ2v) is 8.60. The summed E-state index contributed by atoms with van der Waals surface area (Å²) < 4.78 is 10.4. The van der Waals surface area contributed by atoms with Crippen LogP contribution in [-0.2, 0) is 20.1 Å². The molecule has 3 N–H and O–H groups in total. The first-order valence-corrected chi connectivity index (χ1v) is 11.4. The van der Waals surface area contributed by atoms with Gasteiger partial charge in [0, 0.05) is 26.6 Å². The molecular formula is C24H30N6O4. The van der Waals surface area contributed by atoms with E-state index in [4.69, 9.17) is 10.5 Å². The van der Waals surface area contributed by atoms with Crippen molar-refractivity contribution in [1.29, 1.82) is 0 Å². The molecule has 10 heteroatoms. The highest BCUT2D eigenvalue weighted by Gasteiger charge is 2.23. The van der Waals surface area contributed by atoms with Crippen LogP contribution in [0.4, 0.5) is 5.69 Å². The fourth-order valence-electron chi connectivity index (χ4n) is 4.16. The molecule has 0 saturated heterocycles. The quantitative estimate of drug-likeness (QED) is 0.519. The van der Waals surface area contributed by atoms with Crippen molar-refractivity contribution in [2.24, 2.45) is 13.0 Å². The van der Waals surface area contributed by atoms with Crippen LogP contribution in [0.3, 0.4) is 0 Å². The van der Waals surface area contributed by atoms with Gasteiger partial charge in [-0.1, -0.05) is 19.9 Å². The number of ether oxygens (including phenoxy) is 1. The molecule has 180 valence electrons. The Labute approximate surface area is 196 Å². The summed E-state index contributed by atoms with van der Waals surface area (Å²) in [6.07, 6.45) is 7.64. The molecule has 1 aliphatic rings. The van der Waals surface area contributed by atoms with Crippen molar-refractivity contribution >= 4 is 16.9 Å². The van der Waals surface area contributed by atoms with Gasteiger partial charge in [0.15, 0.2) is 11.2 Å². The average Bonchev–Trinajstić information content (AvgIpc) is 3.16. The molecule has 4 rings (SSSR count). The van der Waals surface area contributed by atoms with Gasteiger partial charge in [-0.15, -0.1) is 0 Å². The minimum absolute atomic E-state index is 0.104. The minimum atomic E-state index is -0.491. The third-order valence-electron chi connectivity index (χ3n) is 5.90. The molecule has 1 aliphatic carbocycles. The Kier molecular flexibility index (Phi) is 6.69. The van der Waals surface area contributed by atoms with Crippen LogP contribution in [0.15, 0.2) is 51.4 Å². The van der Waals surface area contributed by atoms with E-state index < -0.39 is 11.2 Å². The summed E-state index contributed by atoms with van der Waals surface area (Å²) in [6, 6.07) is 3.73. The maximum atomic E-state index is 13.4. The molecule has 1 unspecified atom stereocenters. The maximum Gasteiger partial charge on any atom is 0.332 e. The number of aryl methyl sites for hydroxylation is 1. The first kappa shape index (κ1) is 23.5. The number of pyridine rings is 1. The van der Waals surface area contributed by atoms with Gasteiger partial charge in [-0.25, -0.2) is 4.79 Å². The van der Waals surface area contributed by atoms with Gasteiger partial charge in [0.25, 0.3) is 5.56 Å². The molecule has 0 amide bonds. The number of nitrogen functional groups attached to an aromatic ring is 1. The van der Waals surface area contributed by atoms with Gasteiger partial charge in [-0.05, 0) is 42.5 Å². The van der Waals surface area contributed by atoms with Crippen molar-refractivity contribution in [1.82, 2.24) is 23.7 Å². The van der Waals surface area contributed by atoms with Crippen molar-refractivity contribution in [3.05, 3.63) is 68.3 Å². The minimum Gasteiger partial charge on any atom is -0.430 e. The van der Waals surface area contributed by atoms with E-state index in [2.05, 4.69) is 29.9 Å². The molecule has 3 aromatic rings. The fourth-order valence-corrected chi connectivity index (χ4v) is 4.16. The number of nitrogens with two attached hydrogens (primary N) is 1. The summed E-state index contributed by atoms with van der Waals surface area (Å²) >= 11 is 0. The molecule has 0 saturated carbocycles. The summed E-state index contributed by atoms with van der Waals surface area (Å²) in [5.41, 5.74) is 7.65. The second kappa shape index (κ2) is 9.68. The van der Waals surface area contributed by atoms with E-state index in [0.717, 1.165) is 16.7 Å². The van der Waals surface area contributed by atoms with Gasteiger partial charge < -0.3 is 15.6 Å². The summed E-state index contributed by atoms with van der Waals surface area (Å²) in [4.78, 5) is 35.2. The first-order valence-electron chi connectivity index (χ1n) is 11.4. The van der Waals surface area contributed by atoms with Gasteiger partial charge in [0.1, 0.15) is 5.76 Å². The Balaban J connectivity index is 1.89. The third-order valence-corrected chi connectivity index (χ3v) is 5.90. The van der Waals surface area contributed by atoms with E-state index >= 15 is 0 Å². The molecular weight excluding hydrogens is 436 g/mol. The monoisotopic (exact) mass is 466 g/mol. The number of anilines is 1. The Hall–Kier alpha value is -3.66. The van der Waals surface area contributed by atoms with Gasteiger partial charge in [-0.2, -0.15) is 4.98 Å². The van der Waals surface area contributed by atoms with Crippen molar-refractivity contribution in [3.8, 4) is 6.01 Å². The van der Waals surface area contributed by atoms with E-state index in [1.54, 1.807) is 29.9 Å². The normalized spacial score (nSPS) is 15.9. The smallest absolute Gasteiger partial charge is 0.332 e. The zero-order valence-corrected chi connectivity index (χ0v) is 19.7. The van der Waals surface area contributed by atoms with Gasteiger partial charge >= 0.3 is 11.7 Å². The lowest BCUT2D eigenvalue weighted by molar-refractivity contribution is 0.277. The first-order chi connectivity index (χ1) is 16.3. The number of aliphatic hydroxyl groups is 1. The molecule has 0 aromatic carbocycles. The van der Waals surface area contributed by atoms with E-state index in [-0.39, 0.29) is 43.3 Å². The number of fused-ring (bicyclic) bond motifs is 1. The molecule has 0 spiro atoms. The number of imidazole rings is 1. The number of nitrogens with zero attached hydrogens (tertiary/aromatic N) is 5. The molecule has 34 heavy (non-hydrogen) atoms. The number of aromatic nitrogens is 5. The Bertz CT molecular complexity index is 1380. The van der Waals surface area contributed by atoms with Crippen LogP contribution in [0.1, 0.15) is 38.8 Å². The lowest BCUT2D eigenvalue weighted by Crippen LogP contribution is -2.40. The molecule has 1 atom stereocenters. The number of hydrogen-bond donors (Lipinski definition) is 2. The molecule has 0 aliphatic heterocycles. The van der Waals surface area contributed by atoms with Crippen LogP contribution in [0.2, 0.25) is 0 Å². The number of hydrogen-bond acceptors (Lipinski definition) is 7. The lowest BCUT2D eigenvalue weighted by atomic mass is 9.95. The van der Waals surface area contributed by atoms with E-state index in [9.17, 15) is 14.7 Å². The van der Waals surface area contributed by atoms with E-state index in [0.29, 0.717) is 23.7 Å². The Morgan fingerprint density at radius 3 is 2.74 bits per heavy atom. The van der Waals surface area contributed by atoms with E-state index in [1.807, 2.05) is 6.08 Å². The standard InChI is InChI=1S/C24H30N6O4/c1-4-16-10-15(2)11-19(12-16)34-23-27-21-20(30(23)14-18-7-6-17(25)13-26-18)22(32)29(8-5-9-31)24(33)28(21)3/h6-7,10,12-13,15,31H,4-5,8-9,11,14,25H2,1-3H3. The molecule has 0 radical (unpaired) electrons. The molecule has 0 fully saturated rings. The zero-order valence-electron chi connectivity index (χ0n) is 19.7. The number of rotatable bonds is 8. The topological polar surface area (TPSA) is 130 Å². The van der Waals surface area contributed by atoms with Crippen molar-refractivity contribution in [2.75, 3.05) is 12.3 Å². The molecule has 3 aromatic heterocycles. The summed E-state index contributed by atoms with van der Waals surface area (Å²) in [5.74, 6) is 1.06. The Morgan fingerprint density at radius 1 is 1.26 bits per heavy atom. The van der Waals surface area contributed by atoms with Crippen molar-refractivity contribution in [2.45, 2.75) is 46.2 Å². The molecule has 0 bridgehead atoms. The van der Waals surface area contributed by atoms with Crippen LogP contribution in [0.5, 0.6) is 6.01 Å². The van der Waals surface area contributed by atoms with Crippen molar-refractivity contribution in [3.63, 3.8) is 0 Å². The SMILES string of the molecule is CCC1=CC(C)CC(Oc2nc3c(c(=O)n(CCCO)c(=O)n3C)n2Cc2ccc(N)cn2)=C1. The third kappa shape index (κ3) is 4.54. The number of aliphatic hydroxyl groups excluding tert-OH is 1. The Morgan fingerprint density at radius 2 is 2.06 bits per heavy atom. The van der Waals surface area contributed by atoms with Crippen LogP contribution >= 0.6 is 0 Å². The molecule has 10 nitrogen and oxygen atoms in total.